The van der Waals surface area contributed by atoms with E-state index in [9.17, 15) is 0 Å². The standard InChI is InChI=1S/C16H12N4/c17-10-13-3-1-4-14(9-13)12-20-8-7-19-16(20)15-5-2-6-18-11-15/h1-9,11H,12H2. The molecule has 2 aromatic heterocycles. The van der Waals surface area contributed by atoms with E-state index in [1.54, 1.807) is 24.7 Å². The van der Waals surface area contributed by atoms with Crippen LogP contribution in [0.1, 0.15) is 11.1 Å². The van der Waals surface area contributed by atoms with E-state index in [1.165, 1.54) is 0 Å². The molecule has 20 heavy (non-hydrogen) atoms. The van der Waals surface area contributed by atoms with Gasteiger partial charge in [-0.2, -0.15) is 5.26 Å². The smallest absolute Gasteiger partial charge is 0.141 e. The lowest BCUT2D eigenvalue weighted by molar-refractivity contribution is 0.806. The van der Waals surface area contributed by atoms with Gasteiger partial charge in [-0.15, -0.1) is 0 Å². The zero-order chi connectivity index (χ0) is 13.8. The summed E-state index contributed by atoms with van der Waals surface area (Å²) in [5, 5.41) is 8.94. The monoisotopic (exact) mass is 260 g/mol. The number of nitrogens with zero attached hydrogens (tertiary/aromatic N) is 4. The van der Waals surface area contributed by atoms with Crippen LogP contribution in [-0.4, -0.2) is 14.5 Å². The fraction of sp³-hybridized carbons (Fsp3) is 0.0625. The van der Waals surface area contributed by atoms with Crippen LogP contribution in [0.4, 0.5) is 0 Å². The van der Waals surface area contributed by atoms with Gasteiger partial charge < -0.3 is 4.57 Å². The highest BCUT2D eigenvalue weighted by Gasteiger charge is 2.06. The van der Waals surface area contributed by atoms with Crippen molar-refractivity contribution in [3.05, 3.63) is 72.3 Å². The van der Waals surface area contributed by atoms with Crippen molar-refractivity contribution in [1.82, 2.24) is 14.5 Å². The lowest BCUT2D eigenvalue weighted by Gasteiger charge is -2.08. The molecule has 0 unspecified atom stereocenters. The summed E-state index contributed by atoms with van der Waals surface area (Å²) >= 11 is 0. The molecule has 4 heteroatoms. The molecule has 4 nitrogen and oxygen atoms in total. The summed E-state index contributed by atoms with van der Waals surface area (Å²) < 4.78 is 2.05. The third-order valence-corrected chi connectivity index (χ3v) is 3.04. The molecule has 0 aliphatic carbocycles. The van der Waals surface area contributed by atoms with Crippen molar-refractivity contribution < 1.29 is 0 Å². The summed E-state index contributed by atoms with van der Waals surface area (Å²) in [6.07, 6.45) is 7.25. The Morgan fingerprint density at radius 2 is 2.10 bits per heavy atom. The van der Waals surface area contributed by atoms with Gasteiger partial charge in [0.05, 0.1) is 11.6 Å². The highest BCUT2D eigenvalue weighted by Crippen LogP contribution is 2.17. The van der Waals surface area contributed by atoms with E-state index in [4.69, 9.17) is 5.26 Å². The highest BCUT2D eigenvalue weighted by molar-refractivity contribution is 5.53. The number of hydrogen-bond acceptors (Lipinski definition) is 3. The van der Waals surface area contributed by atoms with Crippen LogP contribution in [0.25, 0.3) is 11.4 Å². The molecule has 3 rings (SSSR count). The Labute approximate surface area is 117 Å². The minimum absolute atomic E-state index is 0.672. The van der Waals surface area contributed by atoms with Gasteiger partial charge in [0.2, 0.25) is 0 Å². The highest BCUT2D eigenvalue weighted by atomic mass is 15.1. The number of pyridine rings is 1. The normalized spacial score (nSPS) is 10.2. The summed E-state index contributed by atoms with van der Waals surface area (Å²) in [7, 11) is 0. The van der Waals surface area contributed by atoms with Crippen LogP contribution in [0.2, 0.25) is 0 Å². The van der Waals surface area contributed by atoms with Crippen molar-refractivity contribution in [2.45, 2.75) is 6.54 Å². The Kier molecular flexibility index (Phi) is 3.25. The molecule has 0 atom stereocenters. The van der Waals surface area contributed by atoms with Crippen LogP contribution in [0, 0.1) is 11.3 Å². The van der Waals surface area contributed by atoms with Gasteiger partial charge in [0.1, 0.15) is 5.82 Å². The van der Waals surface area contributed by atoms with Gasteiger partial charge in [-0.25, -0.2) is 4.98 Å². The second kappa shape index (κ2) is 5.37. The van der Waals surface area contributed by atoms with Crippen molar-refractivity contribution >= 4 is 0 Å². The third kappa shape index (κ3) is 2.43. The van der Waals surface area contributed by atoms with Gasteiger partial charge in [0.15, 0.2) is 0 Å². The minimum atomic E-state index is 0.672. The molecule has 0 aliphatic rings. The fourth-order valence-electron chi connectivity index (χ4n) is 2.13. The molecule has 0 N–H and O–H groups in total. The molecule has 3 aromatic rings. The van der Waals surface area contributed by atoms with Gasteiger partial charge in [-0.05, 0) is 29.8 Å². The lowest BCUT2D eigenvalue weighted by atomic mass is 10.1. The Morgan fingerprint density at radius 3 is 2.90 bits per heavy atom. The molecule has 96 valence electrons. The zero-order valence-corrected chi connectivity index (χ0v) is 10.8. The van der Waals surface area contributed by atoms with E-state index >= 15 is 0 Å². The maximum atomic E-state index is 8.94. The van der Waals surface area contributed by atoms with E-state index in [2.05, 4.69) is 16.0 Å². The zero-order valence-electron chi connectivity index (χ0n) is 10.8. The average Bonchev–Trinajstić information content (AvgIpc) is 2.96. The van der Waals surface area contributed by atoms with Gasteiger partial charge in [0.25, 0.3) is 0 Å². The second-order valence-corrected chi connectivity index (χ2v) is 4.43. The predicted octanol–water partition coefficient (Wildman–Crippen LogP) is 2.87. The van der Waals surface area contributed by atoms with Crippen molar-refractivity contribution in [3.8, 4) is 17.5 Å². The molecular weight excluding hydrogens is 248 g/mol. The first-order valence-electron chi connectivity index (χ1n) is 6.27. The number of benzene rings is 1. The average molecular weight is 260 g/mol. The largest absolute Gasteiger partial charge is 0.327 e. The number of aromatic nitrogens is 3. The van der Waals surface area contributed by atoms with E-state index in [0.717, 1.165) is 17.0 Å². The molecule has 0 spiro atoms. The predicted molar refractivity (Wildman–Crippen MR) is 75.7 cm³/mol. The van der Waals surface area contributed by atoms with E-state index in [-0.39, 0.29) is 0 Å². The first-order chi connectivity index (χ1) is 9.86. The van der Waals surface area contributed by atoms with Crippen LogP contribution < -0.4 is 0 Å². The molecule has 0 radical (unpaired) electrons. The maximum Gasteiger partial charge on any atom is 0.141 e. The Balaban J connectivity index is 1.93. The number of imidazole rings is 1. The quantitative estimate of drug-likeness (QED) is 0.727. The molecule has 0 saturated carbocycles. The van der Waals surface area contributed by atoms with Gasteiger partial charge in [0, 0.05) is 36.9 Å². The van der Waals surface area contributed by atoms with Crippen LogP contribution in [0.5, 0.6) is 0 Å². The maximum absolute atomic E-state index is 8.94. The summed E-state index contributed by atoms with van der Waals surface area (Å²) in [5.74, 6) is 0.875. The van der Waals surface area contributed by atoms with Crippen molar-refractivity contribution in [1.29, 1.82) is 5.26 Å². The van der Waals surface area contributed by atoms with Crippen molar-refractivity contribution in [3.63, 3.8) is 0 Å². The third-order valence-electron chi connectivity index (χ3n) is 3.04. The summed E-state index contributed by atoms with van der Waals surface area (Å²) in [6, 6.07) is 13.6. The molecule has 0 saturated heterocycles. The Hall–Kier alpha value is -2.93. The molecule has 0 bridgehead atoms. The van der Waals surface area contributed by atoms with Gasteiger partial charge in [-0.1, -0.05) is 12.1 Å². The summed E-state index contributed by atoms with van der Waals surface area (Å²) in [6.45, 7) is 0.680. The van der Waals surface area contributed by atoms with Crippen molar-refractivity contribution in [2.24, 2.45) is 0 Å². The van der Waals surface area contributed by atoms with Crippen LogP contribution in [-0.2, 0) is 6.54 Å². The molecule has 0 fully saturated rings. The number of hydrogen-bond donors (Lipinski definition) is 0. The summed E-state index contributed by atoms with van der Waals surface area (Å²) in [5.41, 5.74) is 2.73. The van der Waals surface area contributed by atoms with E-state index < -0.39 is 0 Å². The van der Waals surface area contributed by atoms with Gasteiger partial charge in [-0.3, -0.25) is 4.98 Å². The fourth-order valence-corrected chi connectivity index (χ4v) is 2.13. The van der Waals surface area contributed by atoms with E-state index in [0.29, 0.717) is 12.1 Å². The Bertz CT molecular complexity index is 753. The minimum Gasteiger partial charge on any atom is -0.327 e. The topological polar surface area (TPSA) is 54.5 Å². The van der Waals surface area contributed by atoms with E-state index in [1.807, 2.05) is 41.1 Å². The van der Waals surface area contributed by atoms with Crippen molar-refractivity contribution in [2.75, 3.05) is 0 Å². The SMILES string of the molecule is N#Cc1cccc(Cn2ccnc2-c2cccnc2)c1. The number of rotatable bonds is 3. The van der Waals surface area contributed by atoms with Gasteiger partial charge >= 0.3 is 0 Å². The lowest BCUT2D eigenvalue weighted by Crippen LogP contribution is -2.01. The Morgan fingerprint density at radius 1 is 1.15 bits per heavy atom. The molecule has 0 aliphatic heterocycles. The molecule has 0 amide bonds. The first-order valence-corrected chi connectivity index (χ1v) is 6.27. The van der Waals surface area contributed by atoms with Crippen LogP contribution >= 0.6 is 0 Å². The van der Waals surface area contributed by atoms with Crippen LogP contribution in [0.15, 0.2) is 61.2 Å². The number of nitriles is 1. The second-order valence-electron chi connectivity index (χ2n) is 4.43. The molecule has 2 heterocycles. The molecular formula is C16H12N4. The molecule has 1 aromatic carbocycles. The first kappa shape index (κ1) is 12.1. The van der Waals surface area contributed by atoms with Crippen LogP contribution in [0.3, 0.4) is 0 Å². The summed E-state index contributed by atoms with van der Waals surface area (Å²) in [4.78, 5) is 8.50.